The number of pyridine rings is 1. The first-order chi connectivity index (χ1) is 10.1. The summed E-state index contributed by atoms with van der Waals surface area (Å²) in [5.74, 6) is 1.93. The molecule has 1 N–H and O–H groups in total. The third-order valence-corrected chi connectivity index (χ3v) is 4.17. The summed E-state index contributed by atoms with van der Waals surface area (Å²) in [4.78, 5) is 7.10. The van der Waals surface area contributed by atoms with Crippen molar-refractivity contribution in [3.8, 4) is 0 Å². The van der Waals surface area contributed by atoms with Crippen molar-refractivity contribution >= 4 is 5.82 Å². The Morgan fingerprint density at radius 2 is 2.14 bits per heavy atom. The summed E-state index contributed by atoms with van der Waals surface area (Å²) in [6, 6.07) is 5.22. The molecular weight excluding hydrogens is 262 g/mol. The van der Waals surface area contributed by atoms with Crippen molar-refractivity contribution in [1.82, 2.24) is 10.3 Å². The molecule has 0 saturated heterocycles. The molecule has 1 aliphatic carbocycles. The third kappa shape index (κ3) is 4.68. The van der Waals surface area contributed by atoms with Gasteiger partial charge in [-0.1, -0.05) is 19.9 Å². The van der Waals surface area contributed by atoms with Gasteiger partial charge in [-0.3, -0.25) is 0 Å². The molecule has 1 heterocycles. The lowest BCUT2D eigenvalue weighted by atomic mass is 10.1. The fourth-order valence-corrected chi connectivity index (χ4v) is 2.67. The summed E-state index contributed by atoms with van der Waals surface area (Å²) in [6.45, 7) is 9.17. The van der Waals surface area contributed by atoms with E-state index in [4.69, 9.17) is 4.74 Å². The Morgan fingerprint density at radius 1 is 1.38 bits per heavy atom. The lowest BCUT2D eigenvalue weighted by Gasteiger charge is -2.32. The van der Waals surface area contributed by atoms with Crippen LogP contribution in [-0.4, -0.2) is 37.3 Å². The smallest absolute Gasteiger partial charge is 0.133 e. The van der Waals surface area contributed by atoms with Crippen LogP contribution in [0.2, 0.25) is 0 Å². The Bertz CT molecular complexity index is 432. The number of hydrogen-bond acceptors (Lipinski definition) is 4. The Morgan fingerprint density at radius 3 is 2.76 bits per heavy atom. The molecule has 1 aromatic rings. The molecule has 4 nitrogen and oxygen atoms in total. The first-order valence-electron chi connectivity index (χ1n) is 8.06. The zero-order valence-corrected chi connectivity index (χ0v) is 13.8. The maximum atomic E-state index is 5.30. The minimum absolute atomic E-state index is 0.478. The average Bonchev–Trinajstić information content (AvgIpc) is 3.31. The Kier molecular flexibility index (Phi) is 6.00. The monoisotopic (exact) mass is 291 g/mol. The van der Waals surface area contributed by atoms with Gasteiger partial charge in [0.15, 0.2) is 0 Å². The Balaban J connectivity index is 2.16. The molecule has 21 heavy (non-hydrogen) atoms. The zero-order chi connectivity index (χ0) is 15.2. The van der Waals surface area contributed by atoms with Crippen LogP contribution in [0, 0.1) is 5.92 Å². The molecule has 1 unspecified atom stereocenters. The van der Waals surface area contributed by atoms with Crippen molar-refractivity contribution in [1.29, 1.82) is 0 Å². The van der Waals surface area contributed by atoms with Crippen molar-refractivity contribution in [3.05, 3.63) is 23.9 Å². The van der Waals surface area contributed by atoms with E-state index < -0.39 is 0 Å². The summed E-state index contributed by atoms with van der Waals surface area (Å²) in [5.41, 5.74) is 1.27. The van der Waals surface area contributed by atoms with Crippen molar-refractivity contribution in [3.63, 3.8) is 0 Å². The number of nitrogens with one attached hydrogen (secondary N) is 1. The van der Waals surface area contributed by atoms with Crippen LogP contribution in [0.1, 0.15) is 39.2 Å². The second kappa shape index (κ2) is 7.76. The number of ether oxygens (including phenoxy) is 1. The molecule has 4 heteroatoms. The largest absolute Gasteiger partial charge is 0.383 e. The lowest BCUT2D eigenvalue weighted by molar-refractivity contribution is 0.202. The molecule has 1 aliphatic rings. The second-order valence-electron chi connectivity index (χ2n) is 6.29. The number of methoxy groups -OCH3 is 1. The number of hydrogen-bond donors (Lipinski definition) is 1. The second-order valence-corrected chi connectivity index (χ2v) is 6.29. The van der Waals surface area contributed by atoms with Gasteiger partial charge < -0.3 is 15.0 Å². The van der Waals surface area contributed by atoms with Crippen LogP contribution in [0.4, 0.5) is 5.82 Å². The summed E-state index contributed by atoms with van der Waals surface area (Å²) >= 11 is 0. The van der Waals surface area contributed by atoms with E-state index in [2.05, 4.69) is 42.0 Å². The van der Waals surface area contributed by atoms with E-state index in [1.54, 1.807) is 7.11 Å². The minimum Gasteiger partial charge on any atom is -0.383 e. The van der Waals surface area contributed by atoms with Gasteiger partial charge in [0.2, 0.25) is 0 Å². The Hall–Kier alpha value is -1.13. The van der Waals surface area contributed by atoms with E-state index >= 15 is 0 Å². The van der Waals surface area contributed by atoms with Crippen molar-refractivity contribution < 1.29 is 4.74 Å². The third-order valence-electron chi connectivity index (χ3n) is 4.17. The first kappa shape index (κ1) is 16.2. The molecule has 118 valence electrons. The maximum Gasteiger partial charge on any atom is 0.133 e. The SMILES string of the molecule is COCCN(c1ncccc1CNC(C)C)C(C)C1CC1. The molecule has 0 aliphatic heterocycles. The first-order valence-corrected chi connectivity index (χ1v) is 8.06. The highest BCUT2D eigenvalue weighted by Crippen LogP contribution is 2.37. The Labute approximate surface area is 128 Å². The molecular formula is C17H29N3O. The van der Waals surface area contributed by atoms with Crippen molar-refractivity contribution in [2.75, 3.05) is 25.2 Å². The number of anilines is 1. The quantitative estimate of drug-likeness (QED) is 0.759. The summed E-state index contributed by atoms with van der Waals surface area (Å²) in [6.07, 6.45) is 4.59. The zero-order valence-electron chi connectivity index (χ0n) is 13.8. The van der Waals surface area contributed by atoms with E-state index in [9.17, 15) is 0 Å². The average molecular weight is 291 g/mol. The van der Waals surface area contributed by atoms with E-state index in [1.165, 1.54) is 18.4 Å². The van der Waals surface area contributed by atoms with Gasteiger partial charge in [0, 0.05) is 44.0 Å². The topological polar surface area (TPSA) is 37.4 Å². The lowest BCUT2D eigenvalue weighted by Crippen LogP contribution is -2.39. The van der Waals surface area contributed by atoms with Gasteiger partial charge in [0.25, 0.3) is 0 Å². The van der Waals surface area contributed by atoms with E-state index in [0.717, 1.165) is 31.4 Å². The maximum absolute atomic E-state index is 5.30. The number of nitrogens with zero attached hydrogens (tertiary/aromatic N) is 2. The summed E-state index contributed by atoms with van der Waals surface area (Å²) < 4.78 is 5.30. The molecule has 0 bridgehead atoms. The van der Waals surface area contributed by atoms with Crippen LogP contribution < -0.4 is 10.2 Å². The molecule has 1 atom stereocenters. The fourth-order valence-electron chi connectivity index (χ4n) is 2.67. The highest BCUT2D eigenvalue weighted by molar-refractivity contribution is 5.48. The minimum atomic E-state index is 0.478. The standard InChI is InChI=1S/C17H29N3O/c1-13(2)19-12-16-6-5-9-18-17(16)20(10-11-21-4)14(3)15-7-8-15/h5-6,9,13-15,19H,7-8,10-12H2,1-4H3. The predicted molar refractivity (Wildman–Crippen MR) is 87.6 cm³/mol. The van der Waals surface area contributed by atoms with Gasteiger partial charge in [-0.05, 0) is 31.7 Å². The van der Waals surface area contributed by atoms with Gasteiger partial charge in [0.05, 0.1) is 6.61 Å². The van der Waals surface area contributed by atoms with E-state index in [1.807, 2.05) is 12.3 Å². The number of aromatic nitrogens is 1. The van der Waals surface area contributed by atoms with E-state index in [-0.39, 0.29) is 0 Å². The predicted octanol–water partition coefficient (Wildman–Crippen LogP) is 2.83. The highest BCUT2D eigenvalue weighted by atomic mass is 16.5. The molecule has 1 fully saturated rings. The molecule has 0 spiro atoms. The van der Waals surface area contributed by atoms with Crippen LogP contribution in [0.25, 0.3) is 0 Å². The fraction of sp³-hybridized carbons (Fsp3) is 0.706. The van der Waals surface area contributed by atoms with Crippen LogP contribution in [0.15, 0.2) is 18.3 Å². The van der Waals surface area contributed by atoms with Gasteiger partial charge in [0.1, 0.15) is 5.82 Å². The van der Waals surface area contributed by atoms with Crippen LogP contribution >= 0.6 is 0 Å². The molecule has 2 rings (SSSR count). The van der Waals surface area contributed by atoms with Gasteiger partial charge in [-0.2, -0.15) is 0 Å². The summed E-state index contributed by atoms with van der Waals surface area (Å²) in [7, 11) is 1.76. The molecule has 0 amide bonds. The number of rotatable bonds is 9. The van der Waals surface area contributed by atoms with Gasteiger partial charge in [-0.15, -0.1) is 0 Å². The van der Waals surface area contributed by atoms with Crippen molar-refractivity contribution in [2.24, 2.45) is 5.92 Å². The highest BCUT2D eigenvalue weighted by Gasteiger charge is 2.33. The van der Waals surface area contributed by atoms with Gasteiger partial charge in [-0.25, -0.2) is 4.98 Å². The van der Waals surface area contributed by atoms with Crippen LogP contribution in [0.3, 0.4) is 0 Å². The molecule has 0 radical (unpaired) electrons. The van der Waals surface area contributed by atoms with Gasteiger partial charge >= 0.3 is 0 Å². The van der Waals surface area contributed by atoms with Crippen molar-refractivity contribution in [2.45, 2.75) is 52.2 Å². The van der Waals surface area contributed by atoms with Crippen LogP contribution in [0.5, 0.6) is 0 Å². The van der Waals surface area contributed by atoms with Crippen LogP contribution in [-0.2, 0) is 11.3 Å². The molecule has 1 aromatic heterocycles. The molecule has 1 saturated carbocycles. The molecule has 0 aromatic carbocycles. The van der Waals surface area contributed by atoms with E-state index in [0.29, 0.717) is 12.1 Å². The normalized spacial score (nSPS) is 16.2. The summed E-state index contributed by atoms with van der Waals surface area (Å²) in [5, 5.41) is 3.50.